The van der Waals surface area contributed by atoms with Crippen molar-refractivity contribution in [2.45, 2.75) is 38.3 Å². The number of piperidine rings is 1. The van der Waals surface area contributed by atoms with Gasteiger partial charge in [-0.1, -0.05) is 43.3 Å². The molecule has 1 aliphatic heterocycles. The third-order valence-electron chi connectivity index (χ3n) is 4.45. The van der Waals surface area contributed by atoms with Gasteiger partial charge in [-0.3, -0.25) is 0 Å². The highest BCUT2D eigenvalue weighted by Gasteiger charge is 2.28. The maximum absolute atomic E-state index is 3.78. The summed E-state index contributed by atoms with van der Waals surface area (Å²) < 4.78 is 0. The van der Waals surface area contributed by atoms with Crippen molar-refractivity contribution in [3.63, 3.8) is 0 Å². The molecule has 1 saturated heterocycles. The summed E-state index contributed by atoms with van der Waals surface area (Å²) in [5.41, 5.74) is 1.38. The molecule has 2 nitrogen and oxygen atoms in total. The average Bonchev–Trinajstić information content (AvgIpc) is 3.09. The van der Waals surface area contributed by atoms with Crippen molar-refractivity contribution in [3.05, 3.63) is 58.3 Å². The molecule has 0 spiro atoms. The van der Waals surface area contributed by atoms with Gasteiger partial charge in [-0.15, -0.1) is 11.3 Å². The summed E-state index contributed by atoms with van der Waals surface area (Å²) in [4.78, 5) is 4.18. The summed E-state index contributed by atoms with van der Waals surface area (Å²) in [7, 11) is 0. The maximum atomic E-state index is 3.78. The van der Waals surface area contributed by atoms with Crippen LogP contribution in [0.5, 0.6) is 0 Å². The maximum Gasteiger partial charge on any atom is 0.0208 e. The van der Waals surface area contributed by atoms with Gasteiger partial charge >= 0.3 is 0 Å². The number of thiophene rings is 1. The van der Waals surface area contributed by atoms with Gasteiger partial charge in [-0.2, -0.15) is 0 Å². The van der Waals surface area contributed by atoms with Crippen LogP contribution in [0.2, 0.25) is 0 Å². The molecule has 1 aromatic carbocycles. The van der Waals surface area contributed by atoms with E-state index in [-0.39, 0.29) is 0 Å². The Morgan fingerprint density at radius 3 is 2.73 bits per heavy atom. The number of nitrogens with one attached hydrogen (secondary N) is 1. The smallest absolute Gasteiger partial charge is 0.0208 e. The topological polar surface area (TPSA) is 15.3 Å². The molecule has 0 saturated carbocycles. The van der Waals surface area contributed by atoms with Gasteiger partial charge < -0.3 is 10.2 Å². The summed E-state index contributed by atoms with van der Waals surface area (Å²) >= 11 is 1.91. The van der Waals surface area contributed by atoms with Crippen molar-refractivity contribution in [1.82, 2.24) is 10.2 Å². The standard InChI is InChI=1S/C19H26N2S/c1-2-10-21-14-17(19-9-6-11-22-19)12-18(15-21)20-13-16-7-4-3-5-8-16/h3-9,11,17-18,20H,2,10,12-15H2,1H3. The van der Waals surface area contributed by atoms with Gasteiger partial charge in [0, 0.05) is 36.5 Å². The minimum Gasteiger partial charge on any atom is -0.309 e. The summed E-state index contributed by atoms with van der Waals surface area (Å²) in [6.07, 6.45) is 2.50. The van der Waals surface area contributed by atoms with Crippen LogP contribution in [-0.4, -0.2) is 30.6 Å². The molecule has 2 heterocycles. The van der Waals surface area contributed by atoms with E-state index in [0.717, 1.165) is 6.54 Å². The van der Waals surface area contributed by atoms with Crippen LogP contribution in [-0.2, 0) is 6.54 Å². The van der Waals surface area contributed by atoms with E-state index >= 15 is 0 Å². The van der Waals surface area contributed by atoms with Gasteiger partial charge in [-0.05, 0) is 36.4 Å². The summed E-state index contributed by atoms with van der Waals surface area (Å²) in [5, 5.41) is 5.99. The fourth-order valence-electron chi connectivity index (χ4n) is 3.42. The molecule has 118 valence electrons. The van der Waals surface area contributed by atoms with Gasteiger partial charge in [0.1, 0.15) is 0 Å². The molecule has 3 heteroatoms. The van der Waals surface area contributed by atoms with Gasteiger partial charge in [0.2, 0.25) is 0 Å². The van der Waals surface area contributed by atoms with Crippen LogP contribution in [0.1, 0.15) is 36.1 Å². The highest BCUT2D eigenvalue weighted by Crippen LogP contribution is 2.30. The SMILES string of the molecule is CCCN1CC(NCc2ccccc2)CC(c2cccs2)C1. The van der Waals surface area contributed by atoms with E-state index in [4.69, 9.17) is 0 Å². The lowest BCUT2D eigenvalue weighted by Gasteiger charge is -2.38. The molecule has 1 aliphatic rings. The largest absolute Gasteiger partial charge is 0.309 e. The van der Waals surface area contributed by atoms with E-state index in [1.807, 2.05) is 11.3 Å². The quantitative estimate of drug-likeness (QED) is 0.863. The van der Waals surface area contributed by atoms with Crippen LogP contribution < -0.4 is 5.32 Å². The Kier molecular flexibility index (Phi) is 5.65. The van der Waals surface area contributed by atoms with Crippen molar-refractivity contribution < 1.29 is 0 Å². The molecule has 0 radical (unpaired) electrons. The lowest BCUT2D eigenvalue weighted by atomic mass is 9.92. The Hall–Kier alpha value is -1.16. The van der Waals surface area contributed by atoms with Gasteiger partial charge in [0.15, 0.2) is 0 Å². The van der Waals surface area contributed by atoms with Crippen LogP contribution in [0.4, 0.5) is 0 Å². The van der Waals surface area contributed by atoms with E-state index in [1.165, 1.54) is 38.0 Å². The molecule has 2 aromatic rings. The van der Waals surface area contributed by atoms with E-state index in [9.17, 15) is 0 Å². The third-order valence-corrected chi connectivity index (χ3v) is 5.48. The molecule has 0 aliphatic carbocycles. The number of nitrogens with zero attached hydrogens (tertiary/aromatic N) is 1. The van der Waals surface area contributed by atoms with E-state index < -0.39 is 0 Å². The van der Waals surface area contributed by atoms with Crippen molar-refractivity contribution >= 4 is 11.3 Å². The summed E-state index contributed by atoms with van der Waals surface area (Å²) in [5.74, 6) is 0.688. The predicted octanol–water partition coefficient (Wildman–Crippen LogP) is 4.11. The minimum atomic E-state index is 0.590. The van der Waals surface area contributed by atoms with Gasteiger partial charge in [-0.25, -0.2) is 0 Å². The summed E-state index contributed by atoms with van der Waals surface area (Å²) in [6, 6.07) is 15.8. The van der Waals surface area contributed by atoms with Crippen LogP contribution in [0, 0.1) is 0 Å². The molecule has 1 N–H and O–H groups in total. The lowest BCUT2D eigenvalue weighted by molar-refractivity contribution is 0.172. The molecule has 1 fully saturated rings. The van der Waals surface area contributed by atoms with Crippen molar-refractivity contribution in [2.75, 3.05) is 19.6 Å². The molecular formula is C19H26N2S. The number of benzene rings is 1. The zero-order valence-electron chi connectivity index (χ0n) is 13.4. The van der Waals surface area contributed by atoms with E-state index in [0.29, 0.717) is 12.0 Å². The number of hydrogen-bond acceptors (Lipinski definition) is 3. The van der Waals surface area contributed by atoms with Crippen molar-refractivity contribution in [2.24, 2.45) is 0 Å². The Balaban J connectivity index is 1.62. The molecule has 22 heavy (non-hydrogen) atoms. The van der Waals surface area contributed by atoms with Crippen molar-refractivity contribution in [3.8, 4) is 0 Å². The monoisotopic (exact) mass is 314 g/mol. The second-order valence-corrected chi connectivity index (χ2v) is 7.25. The molecule has 2 unspecified atom stereocenters. The zero-order valence-corrected chi connectivity index (χ0v) is 14.2. The van der Waals surface area contributed by atoms with Crippen LogP contribution >= 0.6 is 11.3 Å². The first-order valence-corrected chi connectivity index (χ1v) is 9.26. The van der Waals surface area contributed by atoms with Gasteiger partial charge in [0.25, 0.3) is 0 Å². The highest BCUT2D eigenvalue weighted by molar-refractivity contribution is 7.10. The number of likely N-dealkylation sites (tertiary alicyclic amines) is 1. The fourth-order valence-corrected chi connectivity index (χ4v) is 4.26. The Bertz CT molecular complexity index is 538. The van der Waals surface area contributed by atoms with Crippen LogP contribution in [0.3, 0.4) is 0 Å². The number of hydrogen-bond donors (Lipinski definition) is 1. The average molecular weight is 314 g/mol. The second-order valence-electron chi connectivity index (χ2n) is 6.27. The Morgan fingerprint density at radius 2 is 2.00 bits per heavy atom. The molecule has 1 aromatic heterocycles. The third kappa shape index (κ3) is 4.19. The molecular weight excluding hydrogens is 288 g/mol. The molecule has 2 atom stereocenters. The first kappa shape index (κ1) is 15.7. The van der Waals surface area contributed by atoms with E-state index in [2.05, 4.69) is 65.0 Å². The first-order valence-electron chi connectivity index (χ1n) is 8.38. The van der Waals surface area contributed by atoms with Gasteiger partial charge in [0.05, 0.1) is 0 Å². The lowest BCUT2D eigenvalue weighted by Crippen LogP contribution is -2.48. The first-order chi connectivity index (χ1) is 10.8. The van der Waals surface area contributed by atoms with Crippen molar-refractivity contribution in [1.29, 1.82) is 0 Å². The van der Waals surface area contributed by atoms with Crippen LogP contribution in [0.15, 0.2) is 47.8 Å². The van der Waals surface area contributed by atoms with Crippen LogP contribution in [0.25, 0.3) is 0 Å². The number of rotatable bonds is 6. The molecule has 0 amide bonds. The molecule has 3 rings (SSSR count). The van der Waals surface area contributed by atoms with E-state index in [1.54, 1.807) is 4.88 Å². The second kappa shape index (κ2) is 7.91. The fraction of sp³-hybridized carbons (Fsp3) is 0.474. The molecule has 0 bridgehead atoms. The normalized spacial score (nSPS) is 22.8. The summed E-state index contributed by atoms with van der Waals surface area (Å²) in [6.45, 7) is 6.87. The predicted molar refractivity (Wildman–Crippen MR) is 95.5 cm³/mol. The highest BCUT2D eigenvalue weighted by atomic mass is 32.1. The Morgan fingerprint density at radius 1 is 1.14 bits per heavy atom. The Labute approximate surface area is 138 Å². The minimum absolute atomic E-state index is 0.590. The zero-order chi connectivity index (χ0) is 15.2.